The van der Waals surface area contributed by atoms with Gasteiger partial charge in [0, 0.05) is 36.4 Å². The second-order valence-corrected chi connectivity index (χ2v) is 9.87. The Morgan fingerprint density at radius 1 is 1.16 bits per heavy atom. The zero-order chi connectivity index (χ0) is 27.4. The summed E-state index contributed by atoms with van der Waals surface area (Å²) in [6, 6.07) is 5.50. The van der Waals surface area contributed by atoms with Gasteiger partial charge in [-0.3, -0.25) is 15.1 Å². The highest BCUT2D eigenvalue weighted by molar-refractivity contribution is 7.14. The lowest BCUT2D eigenvalue weighted by Gasteiger charge is -2.18. The van der Waals surface area contributed by atoms with Crippen molar-refractivity contribution in [2.75, 3.05) is 0 Å². The molecule has 2 heterocycles. The van der Waals surface area contributed by atoms with Gasteiger partial charge >= 0.3 is 18.0 Å². The molecule has 0 N–H and O–H groups in total. The quantitative estimate of drug-likeness (QED) is 0.151. The van der Waals surface area contributed by atoms with Crippen LogP contribution >= 0.6 is 11.3 Å². The number of alkyl halides is 3. The van der Waals surface area contributed by atoms with Gasteiger partial charge in [0.1, 0.15) is 21.3 Å². The molecule has 3 aromatic rings. The van der Waals surface area contributed by atoms with Crippen LogP contribution in [0, 0.1) is 15.9 Å². The highest BCUT2D eigenvalue weighted by Gasteiger charge is 2.32. The van der Waals surface area contributed by atoms with Crippen LogP contribution in [0.25, 0.3) is 10.6 Å². The van der Waals surface area contributed by atoms with E-state index in [1.807, 2.05) is 0 Å². The number of aliphatic imine (C=N–C) groups is 1. The lowest BCUT2D eigenvalue weighted by Crippen LogP contribution is -2.23. The van der Waals surface area contributed by atoms with Crippen molar-refractivity contribution in [2.45, 2.75) is 51.8 Å². The Morgan fingerprint density at radius 2 is 1.89 bits per heavy atom. The van der Waals surface area contributed by atoms with Gasteiger partial charge in [0.25, 0.3) is 0 Å². The van der Waals surface area contributed by atoms with Crippen molar-refractivity contribution in [2.24, 2.45) is 4.99 Å². The van der Waals surface area contributed by atoms with E-state index in [0.29, 0.717) is 26.9 Å². The fraction of sp³-hybridized carbons (Fsp3) is 0.348. The molecule has 1 amide bonds. The second-order valence-electron chi connectivity index (χ2n) is 8.81. The highest BCUT2D eigenvalue weighted by Crippen LogP contribution is 2.29. The first kappa shape index (κ1) is 27.8. The lowest BCUT2D eigenvalue weighted by atomic mass is 10.1. The molecule has 0 aliphatic heterocycles. The summed E-state index contributed by atoms with van der Waals surface area (Å²) >= 11 is 1.12. The summed E-state index contributed by atoms with van der Waals surface area (Å²) in [5.41, 5.74) is -1.44. The van der Waals surface area contributed by atoms with Crippen LogP contribution in [-0.2, 0) is 23.8 Å². The number of hydrogen-bond acceptors (Lipinski definition) is 8. The third kappa shape index (κ3) is 8.10. The molecule has 0 bridgehead atoms. The number of nitro groups is 1. The van der Waals surface area contributed by atoms with Gasteiger partial charge in [0.05, 0.1) is 4.92 Å². The van der Waals surface area contributed by atoms with E-state index in [2.05, 4.69) is 20.2 Å². The van der Waals surface area contributed by atoms with Gasteiger partial charge in [-0.1, -0.05) is 17.4 Å². The summed E-state index contributed by atoms with van der Waals surface area (Å²) in [5.74, 6) is -1.00. The number of amides is 1. The fourth-order valence-electron chi connectivity index (χ4n) is 3.04. The van der Waals surface area contributed by atoms with Gasteiger partial charge < -0.3 is 4.74 Å². The molecular formula is C23H21F4N5O4S. The Balaban J connectivity index is 1.77. The normalized spacial score (nSPS) is 12.5. The maximum Gasteiger partial charge on any atom is 0.434 e. The second kappa shape index (κ2) is 11.1. The molecule has 0 spiro atoms. The number of nitrogens with zero attached hydrogens (tertiary/aromatic N) is 5. The minimum absolute atomic E-state index is 0.0452. The lowest BCUT2D eigenvalue weighted by molar-refractivity contribution is -0.387. The number of carbonyl (C=O) groups is 1. The van der Waals surface area contributed by atoms with E-state index in [4.69, 9.17) is 4.74 Å². The summed E-state index contributed by atoms with van der Waals surface area (Å²) in [7, 11) is 0. The van der Waals surface area contributed by atoms with Gasteiger partial charge in [-0.25, -0.2) is 4.79 Å². The van der Waals surface area contributed by atoms with Gasteiger partial charge in [-0.15, -0.1) is 10.2 Å². The molecular weight excluding hydrogens is 518 g/mol. The minimum Gasteiger partial charge on any atom is -0.442 e. The Bertz CT molecular complexity index is 1320. The van der Waals surface area contributed by atoms with Gasteiger partial charge in [-0.05, 0) is 51.0 Å². The molecule has 3 rings (SSSR count). The van der Waals surface area contributed by atoms with Gasteiger partial charge in [-0.2, -0.15) is 22.6 Å². The predicted octanol–water partition coefficient (Wildman–Crippen LogP) is 6.22. The molecule has 0 saturated heterocycles. The van der Waals surface area contributed by atoms with E-state index in [-0.39, 0.29) is 19.3 Å². The smallest absolute Gasteiger partial charge is 0.434 e. The summed E-state index contributed by atoms with van der Waals surface area (Å²) in [6.45, 7) is 5.01. The van der Waals surface area contributed by atoms with Crippen molar-refractivity contribution in [3.05, 3.63) is 68.7 Å². The molecule has 0 aliphatic carbocycles. The number of aryl methyl sites for hydroxylation is 1. The Labute approximate surface area is 212 Å². The number of benzene rings is 1. The van der Waals surface area contributed by atoms with E-state index < -0.39 is 40.0 Å². The molecule has 0 unspecified atom stereocenters. The van der Waals surface area contributed by atoms with Crippen molar-refractivity contribution in [1.82, 2.24) is 15.2 Å². The zero-order valence-electron chi connectivity index (χ0n) is 19.9. The fourth-order valence-corrected chi connectivity index (χ4v) is 3.88. The standard InChI is InChI=1S/C23H21F4N5O4S/c1-22(2,3)36-21(33)29-15(10-13-4-8-18(28-12-13)23(25,26)27)6-9-19-30-31-20(37-19)14-5-7-17(32(34)35)16(24)11-14/h4-5,7-8,11-12H,6,9-10H2,1-3H3/b29-15+. The number of halogens is 4. The largest absolute Gasteiger partial charge is 0.442 e. The number of rotatable bonds is 7. The van der Waals surface area contributed by atoms with Crippen molar-refractivity contribution < 1.29 is 32.0 Å². The van der Waals surface area contributed by atoms with E-state index in [1.54, 1.807) is 20.8 Å². The number of nitro benzene ring substituents is 1. The topological polar surface area (TPSA) is 120 Å². The van der Waals surface area contributed by atoms with Crippen LogP contribution in [0.5, 0.6) is 0 Å². The third-order valence-electron chi connectivity index (χ3n) is 4.65. The van der Waals surface area contributed by atoms with Crippen LogP contribution in [-0.4, -0.2) is 37.5 Å². The molecule has 0 fully saturated rings. The molecule has 0 radical (unpaired) electrons. The molecule has 2 aromatic heterocycles. The first-order chi connectivity index (χ1) is 17.2. The number of aromatic nitrogens is 3. The first-order valence-corrected chi connectivity index (χ1v) is 11.6. The van der Waals surface area contributed by atoms with Gasteiger partial charge in [0.2, 0.25) is 5.82 Å². The maximum absolute atomic E-state index is 14.0. The molecule has 0 aliphatic rings. The number of pyridine rings is 1. The van der Waals surface area contributed by atoms with Crippen LogP contribution in [0.2, 0.25) is 0 Å². The monoisotopic (exact) mass is 539 g/mol. The number of ether oxygens (including phenoxy) is 1. The van der Waals surface area contributed by atoms with Crippen LogP contribution in [0.1, 0.15) is 43.5 Å². The molecule has 0 saturated carbocycles. The van der Waals surface area contributed by atoms with E-state index in [9.17, 15) is 32.5 Å². The molecule has 196 valence electrons. The average Bonchev–Trinajstić information content (AvgIpc) is 3.25. The predicted molar refractivity (Wildman–Crippen MR) is 127 cm³/mol. The van der Waals surface area contributed by atoms with Crippen molar-refractivity contribution in [1.29, 1.82) is 0 Å². The highest BCUT2D eigenvalue weighted by atomic mass is 32.1. The van der Waals surface area contributed by atoms with Crippen molar-refractivity contribution in [3.63, 3.8) is 0 Å². The van der Waals surface area contributed by atoms with Gasteiger partial charge in [0.15, 0.2) is 0 Å². The Morgan fingerprint density at radius 3 is 2.46 bits per heavy atom. The summed E-state index contributed by atoms with van der Waals surface area (Å²) < 4.78 is 57.6. The molecule has 0 atom stereocenters. The van der Waals surface area contributed by atoms with Crippen LogP contribution in [0.15, 0.2) is 41.5 Å². The zero-order valence-corrected chi connectivity index (χ0v) is 20.7. The molecule has 1 aromatic carbocycles. The molecule has 9 nitrogen and oxygen atoms in total. The summed E-state index contributed by atoms with van der Waals surface area (Å²) in [5, 5.41) is 19.7. The average molecular weight is 540 g/mol. The summed E-state index contributed by atoms with van der Waals surface area (Å²) in [6.07, 6.45) is -3.84. The number of hydrogen-bond donors (Lipinski definition) is 0. The Hall–Kier alpha value is -3.81. The van der Waals surface area contributed by atoms with E-state index in [1.165, 1.54) is 12.1 Å². The maximum atomic E-state index is 14.0. The van der Waals surface area contributed by atoms with E-state index in [0.717, 1.165) is 35.7 Å². The van der Waals surface area contributed by atoms with Crippen LogP contribution < -0.4 is 0 Å². The van der Waals surface area contributed by atoms with E-state index >= 15 is 0 Å². The first-order valence-electron chi connectivity index (χ1n) is 10.8. The Kier molecular flexibility index (Phi) is 8.31. The third-order valence-corrected chi connectivity index (χ3v) is 5.68. The number of carbonyl (C=O) groups excluding carboxylic acids is 1. The van der Waals surface area contributed by atoms with Crippen LogP contribution in [0.4, 0.5) is 28.0 Å². The van der Waals surface area contributed by atoms with Crippen molar-refractivity contribution >= 4 is 28.8 Å². The SMILES string of the molecule is CC(C)(C)OC(=O)/N=C(\CCc1nnc(-c2ccc([N+](=O)[O-])c(F)c2)s1)Cc1ccc(C(F)(F)F)nc1. The molecule has 37 heavy (non-hydrogen) atoms. The van der Waals surface area contributed by atoms with Crippen LogP contribution in [0.3, 0.4) is 0 Å². The minimum atomic E-state index is -4.58. The van der Waals surface area contributed by atoms with Crippen molar-refractivity contribution in [3.8, 4) is 10.6 Å². The summed E-state index contributed by atoms with van der Waals surface area (Å²) in [4.78, 5) is 29.7. The molecule has 14 heteroatoms.